The molecule has 3 rings (SSSR count). The predicted molar refractivity (Wildman–Crippen MR) is 114 cm³/mol. The molecule has 0 bridgehead atoms. The fourth-order valence-electron chi connectivity index (χ4n) is 2.97. The number of nitrogens with two attached hydrogens (primary N) is 1. The Morgan fingerprint density at radius 1 is 0.970 bits per heavy atom. The first-order valence-electron chi connectivity index (χ1n) is 9.73. The number of hydrogen-bond donors (Lipinski definition) is 2. The Morgan fingerprint density at radius 2 is 1.55 bits per heavy atom. The fraction of sp³-hybridized carbons (Fsp3) is 0.273. The number of nitrogens with one attached hydrogen (secondary N) is 1. The Bertz CT molecular complexity index is 1150. The first-order chi connectivity index (χ1) is 15.3. The maximum atomic E-state index is 13.3. The van der Waals surface area contributed by atoms with E-state index >= 15 is 0 Å². The van der Waals surface area contributed by atoms with Gasteiger partial charge in [-0.05, 0) is 57.4 Å². The van der Waals surface area contributed by atoms with Crippen LogP contribution in [0.4, 0.5) is 32.2 Å². The number of fused-ring (bicyclic) bond motifs is 1. The number of rotatable bonds is 5. The second kappa shape index (κ2) is 8.89. The molecule has 0 amide bonds. The molecular formula is C22H21F6N5. The molecule has 1 heterocycles. The lowest BCUT2D eigenvalue weighted by molar-refractivity contribution is -0.143. The van der Waals surface area contributed by atoms with Crippen molar-refractivity contribution >= 4 is 16.7 Å². The lowest BCUT2D eigenvalue weighted by Crippen LogP contribution is -2.25. The van der Waals surface area contributed by atoms with Gasteiger partial charge in [-0.25, -0.2) is 9.97 Å². The molecule has 0 saturated heterocycles. The molecule has 0 radical (unpaired) electrons. The minimum atomic E-state index is -4.98. The summed E-state index contributed by atoms with van der Waals surface area (Å²) in [7, 11) is 3.69. The Morgan fingerprint density at radius 3 is 2.09 bits per heavy atom. The minimum absolute atomic E-state index is 0.0529. The van der Waals surface area contributed by atoms with Crippen molar-refractivity contribution in [1.29, 1.82) is 0 Å². The summed E-state index contributed by atoms with van der Waals surface area (Å²) in [6.45, 7) is 1.89. The molecule has 1 unspecified atom stereocenters. The van der Waals surface area contributed by atoms with E-state index in [1.54, 1.807) is 30.3 Å². The third-order valence-corrected chi connectivity index (χ3v) is 4.95. The van der Waals surface area contributed by atoms with Crippen LogP contribution >= 0.6 is 0 Å². The van der Waals surface area contributed by atoms with Crippen molar-refractivity contribution in [2.75, 3.05) is 19.4 Å². The van der Waals surface area contributed by atoms with Crippen molar-refractivity contribution in [2.45, 2.75) is 25.3 Å². The maximum Gasteiger partial charge on any atom is 0.416 e. The molecule has 0 aliphatic carbocycles. The van der Waals surface area contributed by atoms with Crippen LogP contribution in [-0.2, 0) is 12.4 Å². The van der Waals surface area contributed by atoms with E-state index < -0.39 is 29.0 Å². The number of anilines is 1. The molecule has 1 aromatic heterocycles. The summed E-state index contributed by atoms with van der Waals surface area (Å²) in [5, 5.41) is 3.39. The van der Waals surface area contributed by atoms with Gasteiger partial charge in [-0.1, -0.05) is 12.1 Å². The van der Waals surface area contributed by atoms with Crippen molar-refractivity contribution in [2.24, 2.45) is 5.73 Å². The first-order valence-corrected chi connectivity index (χ1v) is 9.73. The number of aromatic nitrogens is 2. The lowest BCUT2D eigenvalue weighted by Gasteiger charge is -2.18. The van der Waals surface area contributed by atoms with Crippen molar-refractivity contribution in [3.8, 4) is 11.4 Å². The molecule has 3 N–H and O–H groups in total. The van der Waals surface area contributed by atoms with Gasteiger partial charge in [0.15, 0.2) is 5.82 Å². The van der Waals surface area contributed by atoms with Crippen molar-refractivity contribution in [3.05, 3.63) is 65.5 Å². The van der Waals surface area contributed by atoms with E-state index in [1.807, 2.05) is 25.9 Å². The Labute approximate surface area is 185 Å². The van der Waals surface area contributed by atoms with Crippen molar-refractivity contribution < 1.29 is 26.3 Å². The van der Waals surface area contributed by atoms with Crippen LogP contribution in [0.5, 0.6) is 0 Å². The van der Waals surface area contributed by atoms with Gasteiger partial charge in [-0.2, -0.15) is 26.3 Å². The van der Waals surface area contributed by atoms with Gasteiger partial charge in [0.1, 0.15) is 5.82 Å². The summed E-state index contributed by atoms with van der Waals surface area (Å²) < 4.78 is 79.8. The van der Waals surface area contributed by atoms with Crippen LogP contribution in [0.15, 0.2) is 54.4 Å². The number of para-hydroxylation sites is 1. The Hall–Kier alpha value is -3.34. The van der Waals surface area contributed by atoms with Crippen molar-refractivity contribution in [3.63, 3.8) is 0 Å². The predicted octanol–water partition coefficient (Wildman–Crippen LogP) is 5.50. The first kappa shape index (κ1) is 24.3. The Kier molecular flexibility index (Phi) is 6.55. The minimum Gasteiger partial charge on any atom is -0.385 e. The number of alkyl halides is 6. The summed E-state index contributed by atoms with van der Waals surface area (Å²) >= 11 is 0. The largest absolute Gasteiger partial charge is 0.416 e. The third kappa shape index (κ3) is 5.72. The molecule has 0 spiro atoms. The van der Waals surface area contributed by atoms with Gasteiger partial charge >= 0.3 is 12.4 Å². The molecule has 0 aliphatic rings. The van der Waals surface area contributed by atoms with Gasteiger partial charge in [-0.15, -0.1) is 0 Å². The highest BCUT2D eigenvalue weighted by molar-refractivity contribution is 5.91. The second-order valence-electron chi connectivity index (χ2n) is 7.66. The van der Waals surface area contributed by atoms with Crippen LogP contribution in [0.3, 0.4) is 0 Å². The van der Waals surface area contributed by atoms with E-state index in [4.69, 9.17) is 5.73 Å². The number of hydrogen-bond acceptors (Lipinski definition) is 5. The lowest BCUT2D eigenvalue weighted by atomic mass is 10.0. The summed E-state index contributed by atoms with van der Waals surface area (Å²) in [6, 6.07) is 7.78. The molecule has 0 saturated carbocycles. The topological polar surface area (TPSA) is 67.1 Å². The zero-order chi connectivity index (χ0) is 24.6. The maximum absolute atomic E-state index is 13.3. The quantitative estimate of drug-likeness (QED) is 0.484. The van der Waals surface area contributed by atoms with Crippen LogP contribution in [-0.4, -0.2) is 35.0 Å². The van der Waals surface area contributed by atoms with Crippen LogP contribution in [0.1, 0.15) is 18.1 Å². The molecule has 5 nitrogen and oxygen atoms in total. The molecule has 0 aliphatic heterocycles. The van der Waals surface area contributed by atoms with Gasteiger partial charge in [-0.3, -0.25) is 0 Å². The van der Waals surface area contributed by atoms with Crippen LogP contribution < -0.4 is 11.1 Å². The number of benzene rings is 2. The van der Waals surface area contributed by atoms with E-state index in [2.05, 4.69) is 15.3 Å². The molecule has 0 fully saturated rings. The van der Waals surface area contributed by atoms with E-state index in [9.17, 15) is 26.3 Å². The van der Waals surface area contributed by atoms with E-state index in [-0.39, 0.29) is 29.6 Å². The molecule has 33 heavy (non-hydrogen) atoms. The number of nitrogens with zero attached hydrogens (tertiary/aromatic N) is 3. The molecule has 176 valence electrons. The van der Waals surface area contributed by atoms with E-state index in [0.717, 1.165) is 0 Å². The molecular weight excluding hydrogens is 448 g/mol. The highest BCUT2D eigenvalue weighted by Crippen LogP contribution is 2.38. The zero-order valence-corrected chi connectivity index (χ0v) is 17.9. The average molecular weight is 469 g/mol. The normalized spacial score (nSPS) is 14.1. The summed E-state index contributed by atoms with van der Waals surface area (Å²) in [5.41, 5.74) is 3.06. The standard InChI is InChI=1S/C22H21F6N5/c1-12(33(2)3)8-18(29)31-20-16-6-4-5-7-17(16)30-19(32-20)13-9-14(21(23,24)25)11-15(10-13)22(26,27)28/h4-12H,29H2,1-3H3,(H,30,31,32)/b18-8+. The fourth-order valence-corrected chi connectivity index (χ4v) is 2.97. The van der Waals surface area contributed by atoms with Gasteiger partial charge in [0.05, 0.1) is 22.5 Å². The number of halogens is 6. The van der Waals surface area contributed by atoms with Crippen LogP contribution in [0.25, 0.3) is 22.3 Å². The summed E-state index contributed by atoms with van der Waals surface area (Å²) in [6.07, 6.45) is -8.27. The summed E-state index contributed by atoms with van der Waals surface area (Å²) in [4.78, 5) is 10.3. The smallest absolute Gasteiger partial charge is 0.385 e. The highest BCUT2D eigenvalue weighted by atomic mass is 19.4. The molecule has 3 aromatic rings. The van der Waals surface area contributed by atoms with Gasteiger partial charge in [0, 0.05) is 17.0 Å². The third-order valence-electron chi connectivity index (χ3n) is 4.95. The zero-order valence-electron chi connectivity index (χ0n) is 17.9. The van der Waals surface area contributed by atoms with Crippen LogP contribution in [0.2, 0.25) is 0 Å². The van der Waals surface area contributed by atoms with E-state index in [0.29, 0.717) is 23.0 Å². The highest BCUT2D eigenvalue weighted by Gasteiger charge is 2.37. The van der Waals surface area contributed by atoms with Crippen LogP contribution in [0, 0.1) is 0 Å². The molecule has 2 aromatic carbocycles. The molecule has 1 atom stereocenters. The van der Waals surface area contributed by atoms with Crippen molar-refractivity contribution in [1.82, 2.24) is 14.9 Å². The van der Waals surface area contributed by atoms with E-state index in [1.165, 1.54) is 0 Å². The van der Waals surface area contributed by atoms with Gasteiger partial charge in [0.25, 0.3) is 0 Å². The monoisotopic (exact) mass is 469 g/mol. The summed E-state index contributed by atoms with van der Waals surface area (Å²) in [5.74, 6) is 0.0635. The Balaban J connectivity index is 2.19. The number of likely N-dealkylation sites (N-methyl/N-ethyl adjacent to an activating group) is 1. The second-order valence-corrected chi connectivity index (χ2v) is 7.66. The average Bonchev–Trinajstić information content (AvgIpc) is 2.71. The van der Waals surface area contributed by atoms with Gasteiger partial charge < -0.3 is 16.0 Å². The SMILES string of the molecule is CC(/C=C(\N)Nc1nc(-c2cc(C(F)(F)F)cc(C(F)(F)F)c2)nc2ccccc12)N(C)C. The molecule has 11 heteroatoms. The van der Waals surface area contributed by atoms with Gasteiger partial charge in [0.2, 0.25) is 0 Å².